The van der Waals surface area contributed by atoms with Crippen LogP contribution in [0, 0.1) is 5.92 Å². The van der Waals surface area contributed by atoms with E-state index >= 15 is 0 Å². The largest absolute Gasteiger partial charge is 0.485 e. The summed E-state index contributed by atoms with van der Waals surface area (Å²) in [5.74, 6) is 1.62. The lowest BCUT2D eigenvalue weighted by Crippen LogP contribution is -2.33. The molecule has 0 saturated carbocycles. The molecule has 2 aliphatic heterocycles. The zero-order valence-corrected chi connectivity index (χ0v) is 16.8. The number of nitrogens with zero attached hydrogens (tertiary/aromatic N) is 1. The van der Waals surface area contributed by atoms with Crippen molar-refractivity contribution in [1.82, 2.24) is 4.90 Å². The number of ether oxygens (including phenoxy) is 2. The molecule has 0 aromatic heterocycles. The van der Waals surface area contributed by atoms with Gasteiger partial charge in [-0.15, -0.1) is 0 Å². The molecule has 4 rings (SSSR count). The third-order valence-electron chi connectivity index (χ3n) is 5.98. The van der Waals surface area contributed by atoms with Gasteiger partial charge in [-0.1, -0.05) is 36.4 Å². The Morgan fingerprint density at radius 3 is 2.48 bits per heavy atom. The van der Waals surface area contributed by atoms with Gasteiger partial charge in [-0.05, 0) is 68.0 Å². The highest BCUT2D eigenvalue weighted by Gasteiger charge is 2.23. The summed E-state index contributed by atoms with van der Waals surface area (Å²) < 4.78 is 11.9. The van der Waals surface area contributed by atoms with E-state index in [0.29, 0.717) is 18.9 Å². The minimum absolute atomic E-state index is 0.0690. The molecule has 0 unspecified atom stereocenters. The van der Waals surface area contributed by atoms with Gasteiger partial charge in [-0.25, -0.2) is 0 Å². The molecule has 0 amide bonds. The number of likely N-dealkylation sites (tertiary alicyclic amines) is 1. The number of rotatable bonds is 7. The van der Waals surface area contributed by atoms with Crippen molar-refractivity contribution in [2.75, 3.05) is 19.7 Å². The number of carbonyl (C=O) groups is 1. The summed E-state index contributed by atoms with van der Waals surface area (Å²) in [6.07, 6.45) is 4.42. The first kappa shape index (κ1) is 19.8. The zero-order chi connectivity index (χ0) is 20.1. The highest BCUT2D eigenvalue weighted by atomic mass is 16.6. The quantitative estimate of drug-likeness (QED) is 0.738. The van der Waals surface area contributed by atoms with E-state index in [1.54, 1.807) is 0 Å². The third-order valence-corrected chi connectivity index (χ3v) is 5.98. The highest BCUT2D eigenvalue weighted by Crippen LogP contribution is 2.36. The molecule has 2 aromatic carbocycles. The smallest absolute Gasteiger partial charge is 0.303 e. The van der Waals surface area contributed by atoms with Crippen LogP contribution >= 0.6 is 0 Å². The van der Waals surface area contributed by atoms with Crippen molar-refractivity contribution in [1.29, 1.82) is 0 Å². The topological polar surface area (TPSA) is 59.0 Å². The molecule has 1 fully saturated rings. The monoisotopic (exact) mass is 395 g/mol. The molecule has 1 saturated heterocycles. The highest BCUT2D eigenvalue weighted by molar-refractivity contribution is 5.66. The third kappa shape index (κ3) is 5.30. The summed E-state index contributed by atoms with van der Waals surface area (Å²) in [5.41, 5.74) is 2.45. The number of fused-ring (bicyclic) bond motifs is 1. The molecule has 2 aromatic rings. The predicted octanol–water partition coefficient (Wildman–Crippen LogP) is 4.67. The normalized spacial score (nSPS) is 19.8. The number of hydrogen-bond donors (Lipinski definition) is 1. The Morgan fingerprint density at radius 1 is 1.03 bits per heavy atom. The lowest BCUT2D eigenvalue weighted by molar-refractivity contribution is -0.137. The first-order valence-electron chi connectivity index (χ1n) is 10.6. The molecule has 29 heavy (non-hydrogen) atoms. The van der Waals surface area contributed by atoms with Crippen molar-refractivity contribution in [3.8, 4) is 11.5 Å². The summed E-state index contributed by atoms with van der Waals surface area (Å²) in [7, 11) is 0. The Labute approximate surface area is 172 Å². The number of piperidine rings is 1. The molecule has 1 N–H and O–H groups in total. The van der Waals surface area contributed by atoms with Gasteiger partial charge in [0.05, 0.1) is 0 Å². The Balaban J connectivity index is 1.25. The first-order chi connectivity index (χ1) is 14.2. The summed E-state index contributed by atoms with van der Waals surface area (Å²) in [5, 5.41) is 8.77. The van der Waals surface area contributed by atoms with Gasteiger partial charge in [-0.2, -0.15) is 0 Å². The second-order valence-electron chi connectivity index (χ2n) is 8.11. The molecule has 0 aliphatic carbocycles. The van der Waals surface area contributed by atoms with Crippen molar-refractivity contribution in [3.63, 3.8) is 0 Å². The molecule has 0 bridgehead atoms. The average Bonchev–Trinajstić information content (AvgIpc) is 2.75. The second-order valence-corrected chi connectivity index (χ2v) is 8.11. The van der Waals surface area contributed by atoms with Crippen molar-refractivity contribution in [2.24, 2.45) is 5.92 Å². The fraction of sp³-hybridized carbons (Fsp3) is 0.458. The molecule has 0 radical (unpaired) electrons. The maximum Gasteiger partial charge on any atom is 0.303 e. The van der Waals surface area contributed by atoms with Crippen LogP contribution in [-0.4, -0.2) is 35.7 Å². The first-order valence-corrected chi connectivity index (χ1v) is 10.6. The van der Waals surface area contributed by atoms with Crippen molar-refractivity contribution >= 4 is 5.97 Å². The van der Waals surface area contributed by atoms with Gasteiger partial charge in [-0.3, -0.25) is 9.69 Å². The van der Waals surface area contributed by atoms with Crippen molar-refractivity contribution in [3.05, 3.63) is 59.7 Å². The lowest BCUT2D eigenvalue weighted by atomic mass is 9.91. The lowest BCUT2D eigenvalue weighted by Gasteiger charge is -2.32. The molecule has 5 heteroatoms. The van der Waals surface area contributed by atoms with Gasteiger partial charge in [0.2, 0.25) is 0 Å². The fourth-order valence-electron chi connectivity index (χ4n) is 4.25. The number of carboxylic acid groups (broad SMARTS) is 1. The van der Waals surface area contributed by atoms with E-state index in [4.69, 9.17) is 14.6 Å². The minimum atomic E-state index is -0.680. The van der Waals surface area contributed by atoms with E-state index in [0.717, 1.165) is 49.5 Å². The Hall–Kier alpha value is -2.53. The van der Waals surface area contributed by atoms with Crippen LogP contribution < -0.4 is 9.47 Å². The standard InChI is InChI=1S/C24H29NO4/c26-24(27)7-3-4-18-12-14-25(15-13-18)16-19-8-10-20(11-9-19)23-17-28-21-5-1-2-6-22(21)29-23/h1-2,5-6,8-11,18,23H,3-4,7,12-17H2,(H,26,27)/t23-/m1/s1. The summed E-state index contributed by atoms with van der Waals surface area (Å²) in [4.78, 5) is 13.2. The van der Waals surface area contributed by atoms with E-state index in [2.05, 4.69) is 29.2 Å². The Kier molecular flexibility index (Phi) is 6.35. The van der Waals surface area contributed by atoms with Crippen LogP contribution in [0.5, 0.6) is 11.5 Å². The van der Waals surface area contributed by atoms with Crippen LogP contribution in [0.1, 0.15) is 49.3 Å². The molecule has 154 valence electrons. The van der Waals surface area contributed by atoms with Crippen LogP contribution in [0.3, 0.4) is 0 Å². The number of carboxylic acids is 1. The van der Waals surface area contributed by atoms with Gasteiger partial charge in [0.25, 0.3) is 0 Å². The van der Waals surface area contributed by atoms with E-state index in [1.807, 2.05) is 24.3 Å². The number of hydrogen-bond acceptors (Lipinski definition) is 4. The van der Waals surface area contributed by atoms with Gasteiger partial charge in [0, 0.05) is 13.0 Å². The maximum atomic E-state index is 10.7. The Morgan fingerprint density at radius 2 is 1.76 bits per heavy atom. The molecular weight excluding hydrogens is 366 g/mol. The molecule has 5 nitrogen and oxygen atoms in total. The van der Waals surface area contributed by atoms with E-state index in [9.17, 15) is 4.79 Å². The van der Waals surface area contributed by atoms with Crippen LogP contribution in [0.2, 0.25) is 0 Å². The van der Waals surface area contributed by atoms with Gasteiger partial charge >= 0.3 is 5.97 Å². The van der Waals surface area contributed by atoms with Crippen molar-refractivity contribution < 1.29 is 19.4 Å². The molecule has 1 atom stereocenters. The van der Waals surface area contributed by atoms with E-state index in [-0.39, 0.29) is 6.10 Å². The second kappa shape index (κ2) is 9.31. The minimum Gasteiger partial charge on any atom is -0.485 e. The van der Waals surface area contributed by atoms with E-state index in [1.165, 1.54) is 18.4 Å². The molecular formula is C24H29NO4. The summed E-state index contributed by atoms with van der Waals surface area (Å²) >= 11 is 0. The van der Waals surface area contributed by atoms with E-state index < -0.39 is 5.97 Å². The molecule has 2 heterocycles. The number of aliphatic carboxylic acids is 1. The number of benzene rings is 2. The number of para-hydroxylation sites is 2. The van der Waals surface area contributed by atoms with Crippen LogP contribution in [0.25, 0.3) is 0 Å². The van der Waals surface area contributed by atoms with Gasteiger partial charge in [0.15, 0.2) is 17.6 Å². The van der Waals surface area contributed by atoms with Crippen LogP contribution in [0.4, 0.5) is 0 Å². The maximum absolute atomic E-state index is 10.7. The van der Waals surface area contributed by atoms with Crippen LogP contribution in [0.15, 0.2) is 48.5 Å². The van der Waals surface area contributed by atoms with Crippen LogP contribution in [-0.2, 0) is 11.3 Å². The Bertz CT molecular complexity index is 812. The zero-order valence-electron chi connectivity index (χ0n) is 16.8. The summed E-state index contributed by atoms with van der Waals surface area (Å²) in [6.45, 7) is 3.68. The molecule has 2 aliphatic rings. The summed E-state index contributed by atoms with van der Waals surface area (Å²) in [6, 6.07) is 16.5. The SMILES string of the molecule is O=C(O)CCCC1CCN(Cc2ccc([C@H]3COc4ccccc4O3)cc2)CC1. The molecule has 0 spiro atoms. The predicted molar refractivity (Wildman–Crippen MR) is 111 cm³/mol. The fourth-order valence-corrected chi connectivity index (χ4v) is 4.25. The average molecular weight is 395 g/mol. The van der Waals surface area contributed by atoms with Gasteiger partial charge < -0.3 is 14.6 Å². The van der Waals surface area contributed by atoms with Crippen molar-refractivity contribution in [2.45, 2.75) is 44.8 Å². The van der Waals surface area contributed by atoms with Gasteiger partial charge in [0.1, 0.15) is 6.61 Å².